The van der Waals surface area contributed by atoms with Crippen molar-refractivity contribution in [3.05, 3.63) is 47.8 Å². The molecule has 0 aliphatic rings. The minimum absolute atomic E-state index is 0.663. The van der Waals surface area contributed by atoms with Crippen LogP contribution in [-0.2, 0) is 6.54 Å². The molecule has 0 unspecified atom stereocenters. The van der Waals surface area contributed by atoms with E-state index in [2.05, 4.69) is 35.6 Å². The molecule has 0 radical (unpaired) electrons. The molecule has 1 aromatic carbocycles. The van der Waals surface area contributed by atoms with Gasteiger partial charge in [-0.05, 0) is 50.2 Å². The first-order chi connectivity index (χ1) is 9.66. The molecule has 1 aromatic heterocycles. The predicted molar refractivity (Wildman–Crippen MR) is 87.0 cm³/mol. The van der Waals surface area contributed by atoms with E-state index in [1.807, 2.05) is 35.1 Å². The smallest absolute Gasteiger partial charge is 0.170 e. The van der Waals surface area contributed by atoms with Crippen LogP contribution in [0.3, 0.4) is 0 Å². The molecule has 2 aromatic rings. The SMILES string of the molecule is Cc1ccccc1NC(=S)NCCCn1nccc1C. The van der Waals surface area contributed by atoms with Gasteiger partial charge in [0.1, 0.15) is 0 Å². The Kier molecular flexibility index (Phi) is 5.12. The summed E-state index contributed by atoms with van der Waals surface area (Å²) in [4.78, 5) is 0. The number of nitrogens with one attached hydrogen (secondary N) is 2. The van der Waals surface area contributed by atoms with E-state index >= 15 is 0 Å². The van der Waals surface area contributed by atoms with E-state index in [9.17, 15) is 0 Å². The van der Waals surface area contributed by atoms with Crippen molar-refractivity contribution in [3.63, 3.8) is 0 Å². The number of thiocarbonyl (C=S) groups is 1. The Morgan fingerprint density at radius 1 is 1.25 bits per heavy atom. The summed E-state index contributed by atoms with van der Waals surface area (Å²) < 4.78 is 2.00. The second-order valence-corrected chi connectivity index (χ2v) is 5.15. The second-order valence-electron chi connectivity index (χ2n) is 4.75. The van der Waals surface area contributed by atoms with Gasteiger partial charge in [-0.25, -0.2) is 0 Å². The highest BCUT2D eigenvalue weighted by atomic mass is 32.1. The average molecular weight is 288 g/mol. The highest BCUT2D eigenvalue weighted by Crippen LogP contribution is 2.12. The summed E-state index contributed by atoms with van der Waals surface area (Å²) in [7, 11) is 0. The molecule has 1 heterocycles. The summed E-state index contributed by atoms with van der Waals surface area (Å²) in [6.07, 6.45) is 2.81. The van der Waals surface area contributed by atoms with Crippen LogP contribution in [0.4, 0.5) is 5.69 Å². The van der Waals surface area contributed by atoms with E-state index in [0.717, 1.165) is 25.2 Å². The molecule has 0 amide bonds. The Labute approximate surface area is 125 Å². The number of aryl methyl sites for hydroxylation is 3. The monoisotopic (exact) mass is 288 g/mol. The molecule has 4 nitrogen and oxygen atoms in total. The predicted octanol–water partition coefficient (Wildman–Crippen LogP) is 2.88. The maximum atomic E-state index is 5.29. The topological polar surface area (TPSA) is 41.9 Å². The van der Waals surface area contributed by atoms with Crippen LogP contribution >= 0.6 is 12.2 Å². The molecule has 0 spiro atoms. The molecule has 0 fully saturated rings. The number of hydrogen-bond donors (Lipinski definition) is 2. The Morgan fingerprint density at radius 3 is 2.75 bits per heavy atom. The van der Waals surface area contributed by atoms with Crippen LogP contribution in [0.15, 0.2) is 36.5 Å². The summed E-state index contributed by atoms with van der Waals surface area (Å²) in [6.45, 7) is 5.85. The van der Waals surface area contributed by atoms with E-state index in [1.165, 1.54) is 11.3 Å². The lowest BCUT2D eigenvalue weighted by atomic mass is 10.2. The highest BCUT2D eigenvalue weighted by Gasteiger charge is 2.00. The molecular weight excluding hydrogens is 268 g/mol. The number of para-hydroxylation sites is 1. The Morgan fingerprint density at radius 2 is 2.05 bits per heavy atom. The molecule has 0 bridgehead atoms. The number of hydrogen-bond acceptors (Lipinski definition) is 2. The van der Waals surface area contributed by atoms with E-state index < -0.39 is 0 Å². The number of benzene rings is 1. The third-order valence-electron chi connectivity index (χ3n) is 3.15. The quantitative estimate of drug-likeness (QED) is 0.656. The summed E-state index contributed by atoms with van der Waals surface area (Å²) in [5.41, 5.74) is 3.42. The number of rotatable bonds is 5. The van der Waals surface area contributed by atoms with Crippen molar-refractivity contribution >= 4 is 23.0 Å². The van der Waals surface area contributed by atoms with Crippen molar-refractivity contribution in [2.75, 3.05) is 11.9 Å². The molecule has 0 aliphatic heterocycles. The lowest BCUT2D eigenvalue weighted by Crippen LogP contribution is -2.30. The number of nitrogens with zero attached hydrogens (tertiary/aromatic N) is 2. The standard InChI is InChI=1S/C15H20N4S/c1-12-6-3-4-7-14(12)18-15(20)16-9-5-11-19-13(2)8-10-17-19/h3-4,6-8,10H,5,9,11H2,1-2H3,(H2,16,18,20). The number of aromatic nitrogens is 2. The fraction of sp³-hybridized carbons (Fsp3) is 0.333. The third-order valence-corrected chi connectivity index (χ3v) is 3.40. The van der Waals surface area contributed by atoms with Crippen molar-refractivity contribution in [1.29, 1.82) is 0 Å². The highest BCUT2D eigenvalue weighted by molar-refractivity contribution is 7.80. The first-order valence-electron chi connectivity index (χ1n) is 6.76. The molecule has 0 saturated carbocycles. The largest absolute Gasteiger partial charge is 0.362 e. The zero-order valence-corrected chi connectivity index (χ0v) is 12.7. The third kappa shape index (κ3) is 4.06. The molecule has 0 aliphatic carbocycles. The Bertz CT molecular complexity index is 577. The van der Waals surface area contributed by atoms with Gasteiger partial charge in [-0.3, -0.25) is 4.68 Å². The van der Waals surface area contributed by atoms with Crippen molar-refractivity contribution in [1.82, 2.24) is 15.1 Å². The van der Waals surface area contributed by atoms with Crippen LogP contribution in [0.1, 0.15) is 17.7 Å². The number of anilines is 1. The van der Waals surface area contributed by atoms with Crippen molar-refractivity contribution < 1.29 is 0 Å². The summed E-state index contributed by atoms with van der Waals surface area (Å²) in [6, 6.07) is 10.1. The molecule has 5 heteroatoms. The van der Waals surface area contributed by atoms with Gasteiger partial charge < -0.3 is 10.6 Å². The summed E-state index contributed by atoms with van der Waals surface area (Å²) in [5.74, 6) is 0. The maximum absolute atomic E-state index is 5.29. The molecule has 20 heavy (non-hydrogen) atoms. The van der Waals surface area contributed by atoms with Gasteiger partial charge in [0.05, 0.1) is 0 Å². The van der Waals surface area contributed by atoms with Gasteiger partial charge in [0.2, 0.25) is 0 Å². The first kappa shape index (κ1) is 14.5. The summed E-state index contributed by atoms with van der Waals surface area (Å²) in [5, 5.41) is 11.3. The summed E-state index contributed by atoms with van der Waals surface area (Å²) >= 11 is 5.29. The van der Waals surface area contributed by atoms with Crippen molar-refractivity contribution in [2.45, 2.75) is 26.8 Å². The van der Waals surface area contributed by atoms with Gasteiger partial charge in [-0.1, -0.05) is 18.2 Å². The fourth-order valence-electron chi connectivity index (χ4n) is 1.94. The van der Waals surface area contributed by atoms with E-state index in [-0.39, 0.29) is 0 Å². The van der Waals surface area contributed by atoms with E-state index in [1.54, 1.807) is 0 Å². The van der Waals surface area contributed by atoms with Gasteiger partial charge >= 0.3 is 0 Å². The minimum Gasteiger partial charge on any atom is -0.362 e. The average Bonchev–Trinajstić information content (AvgIpc) is 2.83. The van der Waals surface area contributed by atoms with Crippen LogP contribution in [0.2, 0.25) is 0 Å². The lowest BCUT2D eigenvalue weighted by Gasteiger charge is -2.12. The maximum Gasteiger partial charge on any atom is 0.170 e. The van der Waals surface area contributed by atoms with Crippen LogP contribution in [0.5, 0.6) is 0 Å². The van der Waals surface area contributed by atoms with Crippen LogP contribution < -0.4 is 10.6 Å². The zero-order valence-electron chi connectivity index (χ0n) is 11.9. The Hall–Kier alpha value is -1.88. The first-order valence-corrected chi connectivity index (χ1v) is 7.16. The Balaban J connectivity index is 1.71. The second kappa shape index (κ2) is 7.05. The van der Waals surface area contributed by atoms with Crippen molar-refractivity contribution in [3.8, 4) is 0 Å². The molecule has 2 rings (SSSR count). The van der Waals surface area contributed by atoms with Crippen LogP contribution in [-0.4, -0.2) is 21.4 Å². The van der Waals surface area contributed by atoms with Gasteiger partial charge in [0, 0.05) is 30.7 Å². The molecule has 0 atom stereocenters. The van der Waals surface area contributed by atoms with Gasteiger partial charge in [0.15, 0.2) is 5.11 Å². The van der Waals surface area contributed by atoms with E-state index in [4.69, 9.17) is 12.2 Å². The van der Waals surface area contributed by atoms with Gasteiger partial charge in [-0.15, -0.1) is 0 Å². The minimum atomic E-state index is 0.663. The molecule has 2 N–H and O–H groups in total. The molecule has 106 valence electrons. The van der Waals surface area contributed by atoms with Gasteiger partial charge in [0.25, 0.3) is 0 Å². The van der Waals surface area contributed by atoms with Crippen LogP contribution in [0, 0.1) is 13.8 Å². The fourth-order valence-corrected chi connectivity index (χ4v) is 2.16. The molecular formula is C15H20N4S. The molecule has 0 saturated heterocycles. The van der Waals surface area contributed by atoms with E-state index in [0.29, 0.717) is 5.11 Å². The zero-order chi connectivity index (χ0) is 14.4. The normalized spacial score (nSPS) is 10.3. The van der Waals surface area contributed by atoms with Gasteiger partial charge in [-0.2, -0.15) is 5.10 Å². The lowest BCUT2D eigenvalue weighted by molar-refractivity contribution is 0.561. The van der Waals surface area contributed by atoms with Crippen molar-refractivity contribution in [2.24, 2.45) is 0 Å². The van der Waals surface area contributed by atoms with Crippen LogP contribution in [0.25, 0.3) is 0 Å².